The smallest absolute Gasteiger partial charge is 0.277 e. The summed E-state index contributed by atoms with van der Waals surface area (Å²) in [5.74, 6) is 0.562. The summed E-state index contributed by atoms with van der Waals surface area (Å²) in [5, 5.41) is 3.71. The van der Waals surface area contributed by atoms with Gasteiger partial charge in [0.25, 0.3) is 5.56 Å². The fourth-order valence-corrected chi connectivity index (χ4v) is 5.45. The number of aromatic nitrogens is 2. The molecule has 2 aromatic rings. The second kappa shape index (κ2) is 6.28. The molecule has 0 saturated heterocycles. The third-order valence-electron chi connectivity index (χ3n) is 4.47. The number of nitrogens with one attached hydrogen (secondary N) is 1. The largest absolute Gasteiger partial charge is 0.302 e. The predicted octanol–water partition coefficient (Wildman–Crippen LogP) is 4.51. The lowest BCUT2D eigenvalue weighted by molar-refractivity contribution is 0.103. The lowest BCUT2D eigenvalue weighted by Gasteiger charge is -2.34. The van der Waals surface area contributed by atoms with Crippen LogP contribution in [0.1, 0.15) is 48.7 Å². The molecule has 3 rings (SSSR count). The molecule has 1 aliphatic rings. The molecule has 0 atom stereocenters. The van der Waals surface area contributed by atoms with Gasteiger partial charge in [-0.25, -0.2) is 0 Å². The maximum atomic E-state index is 12.9. The molecule has 24 heavy (non-hydrogen) atoms. The number of thioether (sulfide) groups is 1. The Kier molecular flexibility index (Phi) is 4.62. The van der Waals surface area contributed by atoms with Crippen molar-refractivity contribution in [1.82, 2.24) is 9.78 Å². The first-order valence-corrected chi connectivity index (χ1v) is 9.50. The number of carbonyl (C=O) groups is 1. The zero-order valence-electron chi connectivity index (χ0n) is 13.7. The minimum atomic E-state index is -0.399. The van der Waals surface area contributed by atoms with Crippen molar-refractivity contribution in [3.05, 3.63) is 49.4 Å². The van der Waals surface area contributed by atoms with Gasteiger partial charge in [0.15, 0.2) is 0 Å². The molecule has 0 spiro atoms. The molecule has 1 aromatic heterocycles. The molecule has 0 unspecified atom stereocenters. The minimum absolute atomic E-state index is 0.0797. The molecular formula is C17H18Cl2N2O2S. The molecule has 0 fully saturated rings. The van der Waals surface area contributed by atoms with Crippen molar-refractivity contribution in [1.29, 1.82) is 0 Å². The molecule has 0 saturated carbocycles. The molecule has 1 aliphatic heterocycles. The van der Waals surface area contributed by atoms with Crippen molar-refractivity contribution >= 4 is 40.7 Å². The highest BCUT2D eigenvalue weighted by Crippen LogP contribution is 2.49. The van der Waals surface area contributed by atoms with Crippen LogP contribution in [0.5, 0.6) is 0 Å². The fourth-order valence-electron chi connectivity index (χ4n) is 3.00. The number of hydrogen-bond acceptors (Lipinski definition) is 3. The first-order valence-electron chi connectivity index (χ1n) is 7.76. The fraction of sp³-hybridized carbons (Fsp3) is 0.412. The van der Waals surface area contributed by atoms with Gasteiger partial charge in [0.05, 0.1) is 10.0 Å². The number of fused-ring (bicyclic) bond motifs is 1. The van der Waals surface area contributed by atoms with Crippen molar-refractivity contribution in [3.63, 3.8) is 0 Å². The third-order valence-corrected chi connectivity index (χ3v) is 6.39. The zero-order chi connectivity index (χ0) is 17.6. The van der Waals surface area contributed by atoms with E-state index < -0.39 is 5.78 Å². The van der Waals surface area contributed by atoms with E-state index in [1.165, 1.54) is 10.9 Å². The topological polar surface area (TPSA) is 54.9 Å². The molecule has 128 valence electrons. The van der Waals surface area contributed by atoms with Crippen molar-refractivity contribution < 1.29 is 4.79 Å². The van der Waals surface area contributed by atoms with Gasteiger partial charge in [-0.15, -0.1) is 11.8 Å². The number of nitrogens with zero attached hydrogens (tertiary/aromatic N) is 1. The molecule has 0 radical (unpaired) electrons. The first kappa shape index (κ1) is 17.6. The minimum Gasteiger partial charge on any atom is -0.302 e. The summed E-state index contributed by atoms with van der Waals surface area (Å²) < 4.78 is 1.38. The number of benzene rings is 1. The monoisotopic (exact) mass is 384 g/mol. The summed E-state index contributed by atoms with van der Waals surface area (Å²) in [6, 6.07) is 1.59. The van der Waals surface area contributed by atoms with Gasteiger partial charge in [0.2, 0.25) is 5.78 Å². The second-order valence-electron chi connectivity index (χ2n) is 6.47. The van der Waals surface area contributed by atoms with Gasteiger partial charge in [-0.05, 0) is 36.1 Å². The van der Waals surface area contributed by atoms with Crippen molar-refractivity contribution in [2.45, 2.75) is 44.0 Å². The van der Waals surface area contributed by atoms with Crippen LogP contribution in [0.3, 0.4) is 0 Å². The van der Waals surface area contributed by atoms with E-state index in [1.54, 1.807) is 17.8 Å². The van der Waals surface area contributed by atoms with E-state index in [0.717, 1.165) is 22.6 Å². The van der Waals surface area contributed by atoms with Gasteiger partial charge in [-0.2, -0.15) is 0 Å². The highest BCUT2D eigenvalue weighted by molar-refractivity contribution is 7.99. The van der Waals surface area contributed by atoms with Crippen LogP contribution in [0.25, 0.3) is 0 Å². The molecule has 4 nitrogen and oxygen atoms in total. The molecule has 0 amide bonds. The highest BCUT2D eigenvalue weighted by Gasteiger charge is 2.34. The second-order valence-corrected chi connectivity index (χ2v) is 8.36. The molecule has 7 heteroatoms. The van der Waals surface area contributed by atoms with Crippen LogP contribution in [-0.4, -0.2) is 21.3 Å². The Morgan fingerprint density at radius 1 is 1.38 bits per heavy atom. The average Bonchev–Trinajstić information content (AvgIpc) is 2.90. The summed E-state index contributed by atoms with van der Waals surface area (Å²) in [6.45, 7) is 6.49. The summed E-state index contributed by atoms with van der Waals surface area (Å²) in [4.78, 5) is 26.1. The lowest BCUT2D eigenvalue weighted by atomic mass is 9.80. The quantitative estimate of drug-likeness (QED) is 0.792. The molecule has 2 heterocycles. The Morgan fingerprint density at radius 3 is 2.71 bits per heavy atom. The zero-order valence-corrected chi connectivity index (χ0v) is 16.0. The van der Waals surface area contributed by atoms with Crippen molar-refractivity contribution in [2.75, 3.05) is 5.75 Å². The van der Waals surface area contributed by atoms with Crippen LogP contribution < -0.4 is 5.56 Å². The van der Waals surface area contributed by atoms with Gasteiger partial charge in [0, 0.05) is 23.2 Å². The van der Waals surface area contributed by atoms with E-state index in [2.05, 4.69) is 18.9 Å². The number of H-pyrrole nitrogens is 1. The third kappa shape index (κ3) is 2.72. The standard InChI is InChI=1S/C17H18Cl2N2O2S/c1-4-21-16(23)10(8-20-21)14(22)9-7-11(18)15-12(13(9)19)17(2,3)5-6-24-15/h7-8,20H,4-6H2,1-3H3. The van der Waals surface area contributed by atoms with E-state index in [9.17, 15) is 9.59 Å². The molecular weight excluding hydrogens is 367 g/mol. The van der Waals surface area contributed by atoms with Gasteiger partial charge >= 0.3 is 0 Å². The van der Waals surface area contributed by atoms with Crippen LogP contribution in [-0.2, 0) is 12.0 Å². The number of aryl methyl sites for hydroxylation is 1. The Balaban J connectivity index is 2.19. The Morgan fingerprint density at radius 2 is 2.08 bits per heavy atom. The summed E-state index contributed by atoms with van der Waals surface area (Å²) in [6.07, 6.45) is 2.38. The molecule has 1 aromatic carbocycles. The van der Waals surface area contributed by atoms with E-state index in [0.29, 0.717) is 16.6 Å². The lowest BCUT2D eigenvalue weighted by Crippen LogP contribution is -2.25. The van der Waals surface area contributed by atoms with Crippen LogP contribution >= 0.6 is 35.0 Å². The SMILES string of the molecule is CCn1[nH]cc(C(=O)c2cc(Cl)c3c(c2Cl)C(C)(C)CCS3)c1=O. The number of rotatable bonds is 3. The van der Waals surface area contributed by atoms with E-state index in [4.69, 9.17) is 23.2 Å². The molecule has 1 N–H and O–H groups in total. The van der Waals surface area contributed by atoms with Crippen LogP contribution in [0.15, 0.2) is 22.0 Å². The van der Waals surface area contributed by atoms with Crippen LogP contribution in [0.4, 0.5) is 0 Å². The maximum Gasteiger partial charge on any atom is 0.277 e. The Hall–Kier alpha value is -1.17. The number of ketones is 1. The number of carbonyl (C=O) groups excluding carboxylic acids is 1. The van der Waals surface area contributed by atoms with Gasteiger partial charge in [-0.1, -0.05) is 37.0 Å². The number of hydrogen-bond donors (Lipinski definition) is 1. The Labute approximate surface area is 154 Å². The van der Waals surface area contributed by atoms with Gasteiger partial charge in [0.1, 0.15) is 5.56 Å². The summed E-state index contributed by atoms with van der Waals surface area (Å²) in [5.41, 5.74) is 0.759. The number of aromatic amines is 1. The van der Waals surface area contributed by atoms with Crippen LogP contribution in [0.2, 0.25) is 10.0 Å². The van der Waals surface area contributed by atoms with Gasteiger partial charge < -0.3 is 5.10 Å². The van der Waals surface area contributed by atoms with E-state index in [-0.39, 0.29) is 22.1 Å². The van der Waals surface area contributed by atoms with Crippen LogP contribution in [0, 0.1) is 0 Å². The Bertz CT molecular complexity index is 883. The first-order chi connectivity index (χ1) is 11.3. The van der Waals surface area contributed by atoms with Crippen molar-refractivity contribution in [3.8, 4) is 0 Å². The summed E-state index contributed by atoms with van der Waals surface area (Å²) in [7, 11) is 0. The van der Waals surface area contributed by atoms with Crippen molar-refractivity contribution in [2.24, 2.45) is 0 Å². The summed E-state index contributed by atoms with van der Waals surface area (Å²) >= 11 is 14.7. The highest BCUT2D eigenvalue weighted by atomic mass is 35.5. The predicted molar refractivity (Wildman–Crippen MR) is 99.0 cm³/mol. The van der Waals surface area contributed by atoms with Gasteiger partial charge in [-0.3, -0.25) is 14.3 Å². The maximum absolute atomic E-state index is 12.9. The number of halogens is 2. The molecule has 0 bridgehead atoms. The van der Waals surface area contributed by atoms with E-state index in [1.807, 2.05) is 6.92 Å². The normalized spacial score (nSPS) is 16.0. The van der Waals surface area contributed by atoms with E-state index >= 15 is 0 Å². The molecule has 0 aliphatic carbocycles. The average molecular weight is 385 g/mol.